The quantitative estimate of drug-likeness (QED) is 0.783. The normalized spacial score (nSPS) is 11.4. The lowest BCUT2D eigenvalue weighted by molar-refractivity contribution is 0.306. The lowest BCUT2D eigenvalue weighted by atomic mass is 10.3. The summed E-state index contributed by atoms with van der Waals surface area (Å²) in [6.07, 6.45) is 2.20. The molecule has 0 unspecified atom stereocenters. The van der Waals surface area contributed by atoms with E-state index >= 15 is 0 Å². The maximum Gasteiger partial charge on any atom is 0.209 e. The average molecular weight is 322 g/mol. The fraction of sp³-hybridized carbons (Fsp3) is 0.455. The molecule has 0 radical (unpaired) electrons. The summed E-state index contributed by atoms with van der Waals surface area (Å²) in [6.45, 7) is 0.584. The van der Waals surface area contributed by atoms with Crippen molar-refractivity contribution in [1.29, 1.82) is 0 Å². The second-order valence-corrected chi connectivity index (χ2v) is 6.38. The molecule has 2 N–H and O–H groups in total. The van der Waals surface area contributed by atoms with E-state index in [1.807, 2.05) is 24.3 Å². The van der Waals surface area contributed by atoms with E-state index in [4.69, 9.17) is 9.88 Å². The van der Waals surface area contributed by atoms with Crippen LogP contribution < -0.4 is 9.88 Å². The van der Waals surface area contributed by atoms with Crippen LogP contribution in [0.5, 0.6) is 5.75 Å². The van der Waals surface area contributed by atoms with Gasteiger partial charge in [-0.3, -0.25) is 0 Å². The van der Waals surface area contributed by atoms with Crippen molar-refractivity contribution in [3.8, 4) is 5.75 Å². The molecule has 0 heterocycles. The van der Waals surface area contributed by atoms with Crippen LogP contribution in [0.25, 0.3) is 0 Å². The Bertz CT molecular complexity index is 448. The molecule has 0 spiro atoms. The maximum atomic E-state index is 10.7. The molecular formula is C11H16BrNO3S. The zero-order chi connectivity index (χ0) is 12.7. The van der Waals surface area contributed by atoms with E-state index in [0.29, 0.717) is 13.0 Å². The van der Waals surface area contributed by atoms with Crippen molar-refractivity contribution in [2.45, 2.75) is 19.3 Å². The molecule has 0 amide bonds. The third kappa shape index (κ3) is 7.36. The second kappa shape index (κ2) is 6.98. The summed E-state index contributed by atoms with van der Waals surface area (Å²) in [5.41, 5.74) is 0. The number of primary sulfonamides is 1. The minimum Gasteiger partial charge on any atom is -0.494 e. The molecule has 0 bridgehead atoms. The number of halogens is 1. The number of unbranched alkanes of at least 4 members (excludes halogenated alkanes) is 2. The van der Waals surface area contributed by atoms with Gasteiger partial charge >= 0.3 is 0 Å². The van der Waals surface area contributed by atoms with Gasteiger partial charge in [0.2, 0.25) is 10.0 Å². The molecule has 0 aromatic heterocycles. The van der Waals surface area contributed by atoms with Crippen LogP contribution in [-0.4, -0.2) is 20.8 Å². The number of rotatable bonds is 7. The van der Waals surface area contributed by atoms with Crippen molar-refractivity contribution >= 4 is 26.0 Å². The number of sulfonamides is 1. The summed E-state index contributed by atoms with van der Waals surface area (Å²) < 4.78 is 27.8. The van der Waals surface area contributed by atoms with Crippen LogP contribution >= 0.6 is 15.9 Å². The highest BCUT2D eigenvalue weighted by molar-refractivity contribution is 9.10. The molecule has 0 saturated carbocycles. The first-order valence-corrected chi connectivity index (χ1v) is 7.87. The molecule has 4 nitrogen and oxygen atoms in total. The number of nitrogens with two attached hydrogens (primary N) is 1. The summed E-state index contributed by atoms with van der Waals surface area (Å²) >= 11 is 3.36. The lowest BCUT2D eigenvalue weighted by Gasteiger charge is -2.06. The van der Waals surface area contributed by atoms with Crippen LogP contribution in [0.4, 0.5) is 0 Å². The fourth-order valence-corrected chi connectivity index (χ4v) is 2.31. The van der Waals surface area contributed by atoms with Crippen molar-refractivity contribution in [3.05, 3.63) is 28.7 Å². The Morgan fingerprint density at radius 3 is 2.65 bits per heavy atom. The molecule has 1 aromatic carbocycles. The van der Waals surface area contributed by atoms with E-state index in [0.717, 1.165) is 23.1 Å². The van der Waals surface area contributed by atoms with E-state index in [1.165, 1.54) is 0 Å². The SMILES string of the molecule is NS(=O)(=O)CCCCCOc1cccc(Br)c1. The van der Waals surface area contributed by atoms with Gasteiger partial charge in [-0.25, -0.2) is 13.6 Å². The average Bonchev–Trinajstić information content (AvgIpc) is 2.22. The summed E-state index contributed by atoms with van der Waals surface area (Å²) in [4.78, 5) is 0. The van der Waals surface area contributed by atoms with Crippen molar-refractivity contribution in [2.24, 2.45) is 5.14 Å². The third-order valence-corrected chi connectivity index (χ3v) is 3.49. The van der Waals surface area contributed by atoms with E-state index in [2.05, 4.69) is 15.9 Å². The van der Waals surface area contributed by atoms with Crippen molar-refractivity contribution in [1.82, 2.24) is 0 Å². The van der Waals surface area contributed by atoms with E-state index in [1.54, 1.807) is 0 Å². The lowest BCUT2D eigenvalue weighted by Crippen LogP contribution is -2.16. The topological polar surface area (TPSA) is 69.4 Å². The maximum absolute atomic E-state index is 10.7. The molecule has 0 saturated heterocycles. The van der Waals surface area contributed by atoms with Gasteiger partial charge in [-0.05, 0) is 37.5 Å². The smallest absolute Gasteiger partial charge is 0.209 e. The Hall–Kier alpha value is -0.590. The summed E-state index contributed by atoms with van der Waals surface area (Å²) in [5, 5.41) is 4.89. The molecule has 6 heteroatoms. The van der Waals surface area contributed by atoms with Gasteiger partial charge in [-0.2, -0.15) is 0 Å². The Morgan fingerprint density at radius 2 is 2.00 bits per heavy atom. The molecule has 0 atom stereocenters. The van der Waals surface area contributed by atoms with Gasteiger partial charge in [0.1, 0.15) is 5.75 Å². The highest BCUT2D eigenvalue weighted by Crippen LogP contribution is 2.17. The molecule has 96 valence electrons. The Balaban J connectivity index is 2.13. The monoisotopic (exact) mass is 321 g/mol. The molecule has 0 aliphatic carbocycles. The first kappa shape index (κ1) is 14.5. The first-order chi connectivity index (χ1) is 7.97. The van der Waals surface area contributed by atoms with Crippen LogP contribution in [0.3, 0.4) is 0 Å². The van der Waals surface area contributed by atoms with Crippen LogP contribution in [0.15, 0.2) is 28.7 Å². The zero-order valence-corrected chi connectivity index (χ0v) is 11.8. The largest absolute Gasteiger partial charge is 0.494 e. The Morgan fingerprint density at radius 1 is 1.24 bits per heavy atom. The molecule has 1 rings (SSSR count). The Kier molecular flexibility index (Phi) is 5.94. The van der Waals surface area contributed by atoms with Gasteiger partial charge in [0.15, 0.2) is 0 Å². The first-order valence-electron chi connectivity index (χ1n) is 5.36. The highest BCUT2D eigenvalue weighted by Gasteiger charge is 2.01. The van der Waals surface area contributed by atoms with Gasteiger partial charge in [-0.15, -0.1) is 0 Å². The van der Waals surface area contributed by atoms with E-state index in [-0.39, 0.29) is 5.75 Å². The van der Waals surface area contributed by atoms with Crippen molar-refractivity contribution in [3.63, 3.8) is 0 Å². The molecule has 0 aliphatic heterocycles. The fourth-order valence-electron chi connectivity index (χ4n) is 1.33. The predicted molar refractivity (Wildman–Crippen MR) is 71.5 cm³/mol. The van der Waals surface area contributed by atoms with Gasteiger partial charge in [0.25, 0.3) is 0 Å². The van der Waals surface area contributed by atoms with E-state index in [9.17, 15) is 8.42 Å². The number of ether oxygens (including phenoxy) is 1. The van der Waals surface area contributed by atoms with Crippen molar-refractivity contribution in [2.75, 3.05) is 12.4 Å². The van der Waals surface area contributed by atoms with Gasteiger partial charge in [-0.1, -0.05) is 22.0 Å². The van der Waals surface area contributed by atoms with E-state index < -0.39 is 10.0 Å². The van der Waals surface area contributed by atoms with Crippen LogP contribution in [0.1, 0.15) is 19.3 Å². The van der Waals surface area contributed by atoms with Crippen LogP contribution in [0.2, 0.25) is 0 Å². The summed E-state index contributed by atoms with van der Waals surface area (Å²) in [7, 11) is -3.32. The number of benzene rings is 1. The number of hydrogen-bond donors (Lipinski definition) is 1. The molecule has 0 fully saturated rings. The number of hydrogen-bond acceptors (Lipinski definition) is 3. The van der Waals surface area contributed by atoms with Crippen LogP contribution in [0, 0.1) is 0 Å². The molecular weight excluding hydrogens is 306 g/mol. The van der Waals surface area contributed by atoms with Crippen LogP contribution in [-0.2, 0) is 10.0 Å². The summed E-state index contributed by atoms with van der Waals surface area (Å²) in [6, 6.07) is 7.61. The van der Waals surface area contributed by atoms with Gasteiger partial charge in [0, 0.05) is 4.47 Å². The molecule has 17 heavy (non-hydrogen) atoms. The second-order valence-electron chi connectivity index (χ2n) is 3.73. The zero-order valence-electron chi connectivity index (χ0n) is 9.43. The van der Waals surface area contributed by atoms with Gasteiger partial charge in [0.05, 0.1) is 12.4 Å². The van der Waals surface area contributed by atoms with Crippen molar-refractivity contribution < 1.29 is 13.2 Å². The summed E-state index contributed by atoms with van der Waals surface area (Å²) in [5.74, 6) is 0.856. The standard InChI is InChI=1S/C11H16BrNO3S/c12-10-5-4-6-11(9-10)16-7-2-1-3-8-17(13,14)15/h4-6,9H,1-3,7-8H2,(H2,13,14,15). The minimum atomic E-state index is -3.32. The molecule has 0 aliphatic rings. The Labute approximate surface area is 110 Å². The predicted octanol–water partition coefficient (Wildman–Crippen LogP) is 2.29. The van der Waals surface area contributed by atoms with Gasteiger partial charge < -0.3 is 4.74 Å². The highest BCUT2D eigenvalue weighted by atomic mass is 79.9. The minimum absolute atomic E-state index is 0.0455. The molecule has 1 aromatic rings. The third-order valence-electron chi connectivity index (χ3n) is 2.14.